The number of H-pyrrole nitrogens is 1. The van der Waals surface area contributed by atoms with Gasteiger partial charge in [-0.25, -0.2) is 14.6 Å². The van der Waals surface area contributed by atoms with E-state index in [2.05, 4.69) is 15.2 Å². The molecule has 1 aromatic heterocycles. The molecule has 188 valence electrons. The highest BCUT2D eigenvalue weighted by Gasteiger charge is 2.17. The van der Waals surface area contributed by atoms with Crippen LogP contribution in [0.4, 0.5) is 0 Å². The molecule has 4 aromatic rings. The standard InChI is InChI=1S/C26H20ClN3O6S/c1-35-21-11-10-18(27)13-19(21)23-28-26(30-29-23)37-22(25(33)34)12-17-4-2-3-5-20(17)36-14-15-6-8-16(9-7-15)24(31)32/h2-13H,14H2,1H3,(H,31,32)(H,33,34)(H,28,29,30)/b22-12-. The molecule has 9 nitrogen and oxygen atoms in total. The van der Waals surface area contributed by atoms with Crippen LogP contribution in [0.2, 0.25) is 5.02 Å². The van der Waals surface area contributed by atoms with E-state index in [4.69, 9.17) is 26.2 Å². The van der Waals surface area contributed by atoms with E-state index in [-0.39, 0.29) is 22.2 Å². The van der Waals surface area contributed by atoms with Gasteiger partial charge in [-0.2, -0.15) is 0 Å². The average Bonchev–Trinajstić information content (AvgIpc) is 3.36. The smallest absolute Gasteiger partial charge is 0.342 e. The van der Waals surface area contributed by atoms with E-state index in [9.17, 15) is 14.7 Å². The summed E-state index contributed by atoms with van der Waals surface area (Å²) in [6, 6.07) is 18.4. The van der Waals surface area contributed by atoms with Crippen molar-refractivity contribution in [3.63, 3.8) is 0 Å². The highest BCUT2D eigenvalue weighted by Crippen LogP contribution is 2.33. The summed E-state index contributed by atoms with van der Waals surface area (Å²) < 4.78 is 11.2. The number of hydrogen-bond acceptors (Lipinski definition) is 7. The molecule has 0 unspecified atom stereocenters. The molecule has 0 saturated carbocycles. The monoisotopic (exact) mass is 537 g/mol. The lowest BCUT2D eigenvalue weighted by Gasteiger charge is -2.10. The number of methoxy groups -OCH3 is 1. The number of ether oxygens (including phenoxy) is 2. The Morgan fingerprint density at radius 2 is 1.81 bits per heavy atom. The van der Waals surface area contributed by atoms with Crippen LogP contribution in [-0.2, 0) is 11.4 Å². The van der Waals surface area contributed by atoms with Gasteiger partial charge in [0, 0.05) is 10.6 Å². The number of aromatic nitrogens is 3. The molecule has 0 fully saturated rings. The predicted molar refractivity (Wildman–Crippen MR) is 139 cm³/mol. The van der Waals surface area contributed by atoms with Crippen LogP contribution in [0.25, 0.3) is 17.5 Å². The van der Waals surface area contributed by atoms with E-state index in [0.29, 0.717) is 33.5 Å². The van der Waals surface area contributed by atoms with Gasteiger partial charge in [-0.15, -0.1) is 5.10 Å². The van der Waals surface area contributed by atoms with Crippen molar-refractivity contribution >= 4 is 41.4 Å². The van der Waals surface area contributed by atoms with Crippen molar-refractivity contribution in [1.29, 1.82) is 0 Å². The molecule has 3 N–H and O–H groups in total. The number of carbonyl (C=O) groups is 2. The van der Waals surface area contributed by atoms with Gasteiger partial charge in [-0.1, -0.05) is 41.9 Å². The van der Waals surface area contributed by atoms with Gasteiger partial charge in [0.2, 0.25) is 5.16 Å². The Balaban J connectivity index is 1.54. The van der Waals surface area contributed by atoms with Gasteiger partial charge in [0.05, 0.1) is 18.2 Å². The minimum Gasteiger partial charge on any atom is -0.496 e. The maximum atomic E-state index is 12.0. The van der Waals surface area contributed by atoms with Crippen molar-refractivity contribution in [2.45, 2.75) is 11.8 Å². The van der Waals surface area contributed by atoms with Crippen LogP contribution in [0.3, 0.4) is 0 Å². The van der Waals surface area contributed by atoms with Crippen LogP contribution >= 0.6 is 23.4 Å². The molecule has 0 aliphatic heterocycles. The van der Waals surface area contributed by atoms with E-state index >= 15 is 0 Å². The molecular formula is C26H20ClN3O6S. The average molecular weight is 538 g/mol. The fourth-order valence-corrected chi connectivity index (χ4v) is 4.16. The van der Waals surface area contributed by atoms with E-state index < -0.39 is 11.9 Å². The first-order valence-corrected chi connectivity index (χ1v) is 12.0. The van der Waals surface area contributed by atoms with Gasteiger partial charge in [0.25, 0.3) is 0 Å². The van der Waals surface area contributed by atoms with E-state index in [1.165, 1.54) is 25.3 Å². The lowest BCUT2D eigenvalue weighted by Crippen LogP contribution is -2.01. The number of nitrogens with zero attached hydrogens (tertiary/aromatic N) is 2. The Morgan fingerprint density at radius 1 is 1.05 bits per heavy atom. The Morgan fingerprint density at radius 3 is 2.51 bits per heavy atom. The Bertz CT molecular complexity index is 1470. The third kappa shape index (κ3) is 6.49. The number of para-hydroxylation sites is 1. The van der Waals surface area contributed by atoms with Crippen molar-refractivity contribution < 1.29 is 29.3 Å². The van der Waals surface area contributed by atoms with E-state index in [1.54, 1.807) is 54.6 Å². The Hall–Kier alpha value is -4.28. The zero-order valence-corrected chi connectivity index (χ0v) is 20.9. The lowest BCUT2D eigenvalue weighted by molar-refractivity contribution is -0.131. The molecule has 3 aromatic carbocycles. The summed E-state index contributed by atoms with van der Waals surface area (Å²) in [7, 11) is 1.52. The number of aromatic amines is 1. The molecule has 0 amide bonds. The summed E-state index contributed by atoms with van der Waals surface area (Å²) in [5.41, 5.74) is 2.08. The largest absolute Gasteiger partial charge is 0.496 e. The van der Waals surface area contributed by atoms with Crippen LogP contribution < -0.4 is 9.47 Å². The van der Waals surface area contributed by atoms with Crippen molar-refractivity contribution in [3.05, 3.63) is 93.3 Å². The van der Waals surface area contributed by atoms with Crippen LogP contribution in [-0.4, -0.2) is 44.4 Å². The number of carboxylic acids is 2. The zero-order valence-electron chi connectivity index (χ0n) is 19.3. The summed E-state index contributed by atoms with van der Waals surface area (Å²) in [6.07, 6.45) is 1.48. The van der Waals surface area contributed by atoms with Crippen molar-refractivity contribution in [2.24, 2.45) is 0 Å². The fourth-order valence-electron chi connectivity index (χ4n) is 3.29. The Labute approximate surface area is 220 Å². The molecule has 0 atom stereocenters. The van der Waals surface area contributed by atoms with Gasteiger partial charge in [0.1, 0.15) is 23.0 Å². The van der Waals surface area contributed by atoms with Crippen molar-refractivity contribution in [1.82, 2.24) is 15.2 Å². The summed E-state index contributed by atoms with van der Waals surface area (Å²) >= 11 is 6.98. The number of aromatic carboxylic acids is 1. The second-order valence-electron chi connectivity index (χ2n) is 7.56. The molecule has 37 heavy (non-hydrogen) atoms. The van der Waals surface area contributed by atoms with E-state index in [1.807, 2.05) is 0 Å². The number of benzene rings is 3. The second kappa shape index (κ2) is 11.6. The topological polar surface area (TPSA) is 135 Å². The summed E-state index contributed by atoms with van der Waals surface area (Å²) in [4.78, 5) is 27.4. The van der Waals surface area contributed by atoms with Crippen LogP contribution in [0.1, 0.15) is 21.5 Å². The van der Waals surface area contributed by atoms with Crippen LogP contribution in [0.5, 0.6) is 11.5 Å². The minimum absolute atomic E-state index is 0.0227. The van der Waals surface area contributed by atoms with E-state index in [0.717, 1.165) is 17.3 Å². The third-order valence-corrected chi connectivity index (χ3v) is 6.21. The van der Waals surface area contributed by atoms with Crippen LogP contribution in [0, 0.1) is 0 Å². The summed E-state index contributed by atoms with van der Waals surface area (Å²) in [5.74, 6) is -0.787. The number of aliphatic carboxylic acids is 1. The molecule has 11 heteroatoms. The molecular weight excluding hydrogens is 518 g/mol. The normalized spacial score (nSPS) is 11.2. The SMILES string of the molecule is COc1ccc(Cl)cc1-c1nc(S/C(=C\c2ccccc2OCc2ccc(C(=O)O)cc2)C(=O)O)n[nH]1. The molecule has 0 spiro atoms. The molecule has 0 bridgehead atoms. The van der Waals surface area contributed by atoms with Crippen molar-refractivity contribution in [2.75, 3.05) is 7.11 Å². The number of rotatable bonds is 10. The minimum atomic E-state index is -1.16. The molecule has 0 aliphatic carbocycles. The fraction of sp³-hybridized carbons (Fsp3) is 0.0769. The highest BCUT2D eigenvalue weighted by molar-refractivity contribution is 8.04. The molecule has 0 saturated heterocycles. The number of nitrogens with one attached hydrogen (secondary N) is 1. The maximum absolute atomic E-state index is 12.0. The quantitative estimate of drug-likeness (QED) is 0.174. The van der Waals surface area contributed by atoms with Gasteiger partial charge >= 0.3 is 11.9 Å². The highest BCUT2D eigenvalue weighted by atomic mass is 35.5. The van der Waals surface area contributed by atoms with Gasteiger partial charge in [0.15, 0.2) is 5.82 Å². The first kappa shape index (κ1) is 25.8. The molecule has 4 rings (SSSR count). The summed E-state index contributed by atoms with van der Waals surface area (Å²) in [6.45, 7) is 0.173. The number of halogens is 1. The lowest BCUT2D eigenvalue weighted by atomic mass is 10.1. The number of hydrogen-bond donors (Lipinski definition) is 3. The van der Waals surface area contributed by atoms with Gasteiger partial charge in [-0.3, -0.25) is 5.10 Å². The molecule has 0 aliphatic rings. The van der Waals surface area contributed by atoms with Crippen LogP contribution in [0.15, 0.2) is 76.8 Å². The molecule has 0 radical (unpaired) electrons. The number of thioether (sulfide) groups is 1. The van der Waals surface area contributed by atoms with Gasteiger partial charge in [-0.05, 0) is 59.8 Å². The second-order valence-corrected chi connectivity index (χ2v) is 9.00. The first-order valence-electron chi connectivity index (χ1n) is 10.8. The maximum Gasteiger partial charge on any atom is 0.342 e. The summed E-state index contributed by atoms with van der Waals surface area (Å²) in [5, 5.41) is 26.5. The molecule has 1 heterocycles. The zero-order chi connectivity index (χ0) is 26.4. The predicted octanol–water partition coefficient (Wildman–Crippen LogP) is 5.63. The Kier molecular flexibility index (Phi) is 8.11. The van der Waals surface area contributed by atoms with Crippen molar-refractivity contribution in [3.8, 4) is 22.9 Å². The first-order chi connectivity index (χ1) is 17.8. The van der Waals surface area contributed by atoms with Gasteiger partial charge < -0.3 is 19.7 Å². The number of carboxylic acid groups (broad SMARTS) is 2. The third-order valence-electron chi connectivity index (χ3n) is 5.09.